The molecule has 6 heteroatoms. The van der Waals surface area contributed by atoms with Gasteiger partial charge in [-0.25, -0.2) is 4.79 Å². The van der Waals surface area contributed by atoms with E-state index in [1.807, 2.05) is 13.8 Å². The van der Waals surface area contributed by atoms with E-state index in [4.69, 9.17) is 5.11 Å². The molecule has 0 fully saturated rings. The second-order valence-electron chi connectivity index (χ2n) is 5.32. The fraction of sp³-hybridized carbons (Fsp3) is 0.471. The van der Waals surface area contributed by atoms with Gasteiger partial charge in [0.25, 0.3) is 5.91 Å². The predicted molar refractivity (Wildman–Crippen MR) is 87.6 cm³/mol. The van der Waals surface area contributed by atoms with Crippen molar-refractivity contribution < 1.29 is 19.5 Å². The van der Waals surface area contributed by atoms with Crippen molar-refractivity contribution in [3.8, 4) is 0 Å². The lowest BCUT2D eigenvalue weighted by Gasteiger charge is -2.18. The number of nitrogens with one attached hydrogen (secondary N) is 1. The lowest BCUT2D eigenvalue weighted by molar-refractivity contribution is -0.130. The molecule has 0 saturated carbocycles. The van der Waals surface area contributed by atoms with Crippen LogP contribution in [0.4, 0.5) is 0 Å². The highest BCUT2D eigenvalue weighted by atomic mass is 16.4. The van der Waals surface area contributed by atoms with Gasteiger partial charge in [-0.3, -0.25) is 9.59 Å². The molecular weight excluding hydrogens is 296 g/mol. The minimum atomic E-state index is -1.06. The standard InChI is InChI=1S/C17H24N2O4/c1-4-19(5-2)15(20)7-6-8-18-16(21)13-9-12(3)10-14(11-13)17(22)23/h9-11H,4-8H2,1-3H3,(H,18,21)(H,22,23). The zero-order valence-corrected chi connectivity index (χ0v) is 13.9. The Morgan fingerprint density at radius 3 is 2.26 bits per heavy atom. The third-order valence-corrected chi connectivity index (χ3v) is 3.56. The van der Waals surface area contributed by atoms with Crippen LogP contribution in [0.5, 0.6) is 0 Å². The maximum atomic E-state index is 12.1. The number of rotatable bonds is 8. The van der Waals surface area contributed by atoms with Crippen LogP contribution in [0.3, 0.4) is 0 Å². The quantitative estimate of drug-likeness (QED) is 0.718. The summed E-state index contributed by atoms with van der Waals surface area (Å²) in [5, 5.41) is 11.7. The third kappa shape index (κ3) is 5.73. The Balaban J connectivity index is 2.52. The van der Waals surface area contributed by atoms with E-state index in [1.54, 1.807) is 17.9 Å². The van der Waals surface area contributed by atoms with E-state index < -0.39 is 5.97 Å². The van der Waals surface area contributed by atoms with Gasteiger partial charge in [0.15, 0.2) is 0 Å². The SMILES string of the molecule is CCN(CC)C(=O)CCCNC(=O)c1cc(C)cc(C(=O)O)c1. The number of amides is 2. The second-order valence-corrected chi connectivity index (χ2v) is 5.32. The number of benzene rings is 1. The summed E-state index contributed by atoms with van der Waals surface area (Å²) in [6, 6.07) is 4.51. The van der Waals surface area contributed by atoms with Gasteiger partial charge >= 0.3 is 5.97 Å². The van der Waals surface area contributed by atoms with Crippen LogP contribution in [0.2, 0.25) is 0 Å². The summed E-state index contributed by atoms with van der Waals surface area (Å²) in [6.45, 7) is 7.35. The number of aromatic carboxylic acids is 1. The van der Waals surface area contributed by atoms with Crippen molar-refractivity contribution in [1.82, 2.24) is 10.2 Å². The molecule has 126 valence electrons. The summed E-state index contributed by atoms with van der Waals surface area (Å²) in [6.07, 6.45) is 0.939. The van der Waals surface area contributed by atoms with Gasteiger partial charge in [-0.2, -0.15) is 0 Å². The minimum absolute atomic E-state index is 0.0768. The second kappa shape index (κ2) is 8.92. The van der Waals surface area contributed by atoms with Gasteiger partial charge in [0.05, 0.1) is 5.56 Å². The molecule has 0 radical (unpaired) electrons. The Kier molecular flexibility index (Phi) is 7.25. The molecule has 0 aliphatic heterocycles. The molecule has 0 spiro atoms. The normalized spacial score (nSPS) is 10.2. The first-order chi connectivity index (χ1) is 10.9. The van der Waals surface area contributed by atoms with Crippen molar-refractivity contribution in [2.45, 2.75) is 33.6 Å². The van der Waals surface area contributed by atoms with Crippen molar-refractivity contribution >= 4 is 17.8 Å². The van der Waals surface area contributed by atoms with Gasteiger partial charge in [-0.05, 0) is 51.0 Å². The molecule has 0 aromatic heterocycles. The van der Waals surface area contributed by atoms with Gasteiger partial charge in [0, 0.05) is 31.6 Å². The average Bonchev–Trinajstić information content (AvgIpc) is 2.51. The molecule has 0 unspecified atom stereocenters. The van der Waals surface area contributed by atoms with Gasteiger partial charge in [-0.1, -0.05) is 0 Å². The van der Waals surface area contributed by atoms with Crippen LogP contribution in [0.15, 0.2) is 18.2 Å². The van der Waals surface area contributed by atoms with Crippen molar-refractivity contribution in [1.29, 1.82) is 0 Å². The van der Waals surface area contributed by atoms with Gasteiger partial charge in [0.1, 0.15) is 0 Å². The van der Waals surface area contributed by atoms with E-state index in [9.17, 15) is 14.4 Å². The molecule has 1 aromatic rings. The van der Waals surface area contributed by atoms with Crippen LogP contribution in [0, 0.1) is 6.92 Å². The Bertz CT molecular complexity index is 580. The van der Waals surface area contributed by atoms with Gasteiger partial charge in [-0.15, -0.1) is 0 Å². The summed E-state index contributed by atoms with van der Waals surface area (Å²) in [4.78, 5) is 36.7. The molecule has 0 heterocycles. The highest BCUT2D eigenvalue weighted by Gasteiger charge is 2.12. The molecule has 0 saturated heterocycles. The van der Waals surface area contributed by atoms with Crippen LogP contribution in [-0.2, 0) is 4.79 Å². The molecule has 23 heavy (non-hydrogen) atoms. The monoisotopic (exact) mass is 320 g/mol. The van der Waals surface area contributed by atoms with Crippen molar-refractivity contribution in [2.24, 2.45) is 0 Å². The average molecular weight is 320 g/mol. The maximum absolute atomic E-state index is 12.1. The smallest absolute Gasteiger partial charge is 0.335 e. The van der Waals surface area contributed by atoms with Crippen LogP contribution < -0.4 is 5.32 Å². The summed E-state index contributed by atoms with van der Waals surface area (Å²) in [7, 11) is 0. The van der Waals surface area contributed by atoms with E-state index in [-0.39, 0.29) is 17.4 Å². The summed E-state index contributed by atoms with van der Waals surface area (Å²) < 4.78 is 0. The molecule has 1 aromatic carbocycles. The molecule has 2 amide bonds. The van der Waals surface area contributed by atoms with Crippen molar-refractivity contribution in [2.75, 3.05) is 19.6 Å². The first-order valence-electron chi connectivity index (χ1n) is 7.80. The van der Waals surface area contributed by atoms with E-state index in [2.05, 4.69) is 5.32 Å². The van der Waals surface area contributed by atoms with Crippen LogP contribution in [-0.4, -0.2) is 47.4 Å². The highest BCUT2D eigenvalue weighted by Crippen LogP contribution is 2.10. The van der Waals surface area contributed by atoms with E-state index >= 15 is 0 Å². The molecule has 6 nitrogen and oxygen atoms in total. The lowest BCUT2D eigenvalue weighted by atomic mass is 10.1. The zero-order chi connectivity index (χ0) is 17.4. The number of carboxylic acid groups (broad SMARTS) is 1. The highest BCUT2D eigenvalue weighted by molar-refractivity contribution is 5.97. The first-order valence-corrected chi connectivity index (χ1v) is 7.80. The summed E-state index contributed by atoms with van der Waals surface area (Å²) in [5.74, 6) is -1.31. The Hall–Kier alpha value is -2.37. The number of aryl methyl sites for hydroxylation is 1. The number of carbonyl (C=O) groups is 3. The third-order valence-electron chi connectivity index (χ3n) is 3.56. The molecule has 2 N–H and O–H groups in total. The molecule has 0 aliphatic carbocycles. The number of carbonyl (C=O) groups excluding carboxylic acids is 2. The summed E-state index contributed by atoms with van der Waals surface area (Å²) >= 11 is 0. The zero-order valence-electron chi connectivity index (χ0n) is 13.9. The number of nitrogens with zero attached hydrogens (tertiary/aromatic N) is 1. The fourth-order valence-electron chi connectivity index (χ4n) is 2.32. The first kappa shape index (κ1) is 18.7. The number of hydrogen-bond donors (Lipinski definition) is 2. The largest absolute Gasteiger partial charge is 0.478 e. The predicted octanol–water partition coefficient (Wildman–Crippen LogP) is 2.07. The lowest BCUT2D eigenvalue weighted by Crippen LogP contribution is -2.31. The topological polar surface area (TPSA) is 86.7 Å². The summed E-state index contributed by atoms with van der Waals surface area (Å²) in [5.41, 5.74) is 1.12. The Labute approximate surface area is 136 Å². The van der Waals surface area contributed by atoms with E-state index in [0.29, 0.717) is 43.6 Å². The van der Waals surface area contributed by atoms with Crippen LogP contribution in [0.25, 0.3) is 0 Å². The van der Waals surface area contributed by atoms with Gasteiger partial charge in [0.2, 0.25) is 5.91 Å². The molecule has 1 rings (SSSR count). The molecular formula is C17H24N2O4. The van der Waals surface area contributed by atoms with Crippen LogP contribution >= 0.6 is 0 Å². The van der Waals surface area contributed by atoms with E-state index in [0.717, 1.165) is 0 Å². The number of carboxylic acids is 1. The Morgan fingerprint density at radius 1 is 1.09 bits per heavy atom. The number of hydrogen-bond acceptors (Lipinski definition) is 3. The fourth-order valence-corrected chi connectivity index (χ4v) is 2.32. The van der Waals surface area contributed by atoms with Crippen molar-refractivity contribution in [3.05, 3.63) is 34.9 Å². The molecule has 0 bridgehead atoms. The van der Waals surface area contributed by atoms with E-state index in [1.165, 1.54) is 12.1 Å². The minimum Gasteiger partial charge on any atom is -0.478 e. The van der Waals surface area contributed by atoms with Crippen molar-refractivity contribution in [3.63, 3.8) is 0 Å². The molecule has 0 aliphatic rings. The molecule has 0 atom stereocenters. The Morgan fingerprint density at radius 2 is 1.70 bits per heavy atom. The van der Waals surface area contributed by atoms with Gasteiger partial charge < -0.3 is 15.3 Å². The van der Waals surface area contributed by atoms with Crippen LogP contribution in [0.1, 0.15) is 53.0 Å². The maximum Gasteiger partial charge on any atom is 0.335 e.